The van der Waals surface area contributed by atoms with Crippen molar-refractivity contribution in [3.8, 4) is 0 Å². The van der Waals surface area contributed by atoms with E-state index in [1.165, 1.54) is 0 Å². The predicted octanol–water partition coefficient (Wildman–Crippen LogP) is 1.81. The topological polar surface area (TPSA) is 43.1 Å². The van der Waals surface area contributed by atoms with Crippen LogP contribution in [-0.4, -0.2) is 19.6 Å². The molecule has 0 aromatic carbocycles. The zero-order valence-electron chi connectivity index (χ0n) is 8.73. The van der Waals surface area contributed by atoms with Gasteiger partial charge in [-0.1, -0.05) is 20.8 Å². The van der Waals surface area contributed by atoms with Gasteiger partial charge in [-0.05, 0) is 6.42 Å². The first kappa shape index (κ1) is 9.12. The fraction of sp³-hybridized carbons (Fsp3) is 0.500. The number of nitrogens with zero attached hydrogens (tertiary/aromatic N) is 4. The van der Waals surface area contributed by atoms with Gasteiger partial charge in [0.1, 0.15) is 12.2 Å². The molecule has 0 bridgehead atoms. The molecule has 0 aliphatic heterocycles. The Morgan fingerprint density at radius 3 is 2.79 bits per heavy atom. The zero-order valence-corrected chi connectivity index (χ0v) is 8.73. The van der Waals surface area contributed by atoms with E-state index in [0.29, 0.717) is 0 Å². The van der Waals surface area contributed by atoms with Crippen LogP contribution in [0.2, 0.25) is 0 Å². The van der Waals surface area contributed by atoms with Crippen molar-refractivity contribution in [1.82, 2.24) is 19.6 Å². The summed E-state index contributed by atoms with van der Waals surface area (Å²) in [6.07, 6.45) is 6.33. The molecule has 4 nitrogen and oxygen atoms in total. The quantitative estimate of drug-likeness (QED) is 0.725. The van der Waals surface area contributed by atoms with Crippen LogP contribution in [0.25, 0.3) is 5.52 Å². The number of rotatable bonds is 2. The predicted molar refractivity (Wildman–Crippen MR) is 54.1 cm³/mol. The van der Waals surface area contributed by atoms with Crippen molar-refractivity contribution >= 4 is 5.52 Å². The Hall–Kier alpha value is -1.45. The van der Waals surface area contributed by atoms with Crippen molar-refractivity contribution in [1.29, 1.82) is 0 Å². The average molecular weight is 190 g/mol. The van der Waals surface area contributed by atoms with Gasteiger partial charge < -0.3 is 0 Å². The lowest BCUT2D eigenvalue weighted by Crippen LogP contribution is -2.19. The van der Waals surface area contributed by atoms with Crippen molar-refractivity contribution in [3.05, 3.63) is 24.5 Å². The third-order valence-electron chi connectivity index (χ3n) is 2.74. The molecule has 0 saturated heterocycles. The molecule has 0 aliphatic rings. The van der Waals surface area contributed by atoms with E-state index in [4.69, 9.17) is 0 Å². The van der Waals surface area contributed by atoms with Crippen LogP contribution < -0.4 is 0 Å². The smallest absolute Gasteiger partial charge is 0.124 e. The minimum atomic E-state index is 0.0788. The van der Waals surface area contributed by atoms with Gasteiger partial charge in [0.25, 0.3) is 0 Å². The Morgan fingerprint density at radius 1 is 1.29 bits per heavy atom. The van der Waals surface area contributed by atoms with Gasteiger partial charge in [-0.2, -0.15) is 5.10 Å². The molecule has 0 saturated carbocycles. The summed E-state index contributed by atoms with van der Waals surface area (Å²) in [6.45, 7) is 6.53. The molecule has 2 aromatic heterocycles. The lowest BCUT2D eigenvalue weighted by molar-refractivity contribution is 0.469. The van der Waals surface area contributed by atoms with Gasteiger partial charge >= 0.3 is 0 Å². The number of hydrogen-bond donors (Lipinski definition) is 0. The molecule has 2 rings (SSSR count). The summed E-state index contributed by atoms with van der Waals surface area (Å²) >= 11 is 0. The molecule has 0 aliphatic carbocycles. The van der Waals surface area contributed by atoms with E-state index in [-0.39, 0.29) is 5.41 Å². The second-order valence-corrected chi connectivity index (χ2v) is 4.09. The minimum Gasteiger partial charge on any atom is -0.283 e. The molecule has 2 heterocycles. The van der Waals surface area contributed by atoms with Crippen molar-refractivity contribution in [2.24, 2.45) is 0 Å². The third-order valence-corrected chi connectivity index (χ3v) is 2.74. The summed E-state index contributed by atoms with van der Waals surface area (Å²) in [5.74, 6) is 1.05. The SMILES string of the molecule is CCC(C)(C)c1ncc2cnncn12. The standard InChI is InChI=1S/C10H14N4/c1-4-10(2,3)9-11-5-8-6-12-13-7-14(8)9/h5-7H,4H2,1-3H3. The Kier molecular flexibility index (Phi) is 1.98. The van der Waals surface area contributed by atoms with Crippen LogP contribution in [0.15, 0.2) is 18.7 Å². The second kappa shape index (κ2) is 3.04. The van der Waals surface area contributed by atoms with Crippen LogP contribution in [0.4, 0.5) is 0 Å². The molecular formula is C10H14N4. The van der Waals surface area contributed by atoms with Gasteiger partial charge in [-0.15, -0.1) is 5.10 Å². The number of imidazole rings is 1. The largest absolute Gasteiger partial charge is 0.283 e. The van der Waals surface area contributed by atoms with Crippen LogP contribution in [-0.2, 0) is 5.41 Å². The molecule has 0 unspecified atom stereocenters. The molecule has 0 spiro atoms. The van der Waals surface area contributed by atoms with E-state index in [9.17, 15) is 0 Å². The Labute approximate surface area is 83.0 Å². The molecule has 74 valence electrons. The number of aromatic nitrogens is 4. The molecule has 0 amide bonds. The monoisotopic (exact) mass is 190 g/mol. The van der Waals surface area contributed by atoms with Crippen LogP contribution in [0.3, 0.4) is 0 Å². The highest BCUT2D eigenvalue weighted by Crippen LogP contribution is 2.25. The normalized spacial score (nSPS) is 12.2. The van der Waals surface area contributed by atoms with Crippen molar-refractivity contribution in [3.63, 3.8) is 0 Å². The van der Waals surface area contributed by atoms with Gasteiger partial charge in [0.2, 0.25) is 0 Å². The van der Waals surface area contributed by atoms with Gasteiger partial charge in [0.05, 0.1) is 17.9 Å². The number of fused-ring (bicyclic) bond motifs is 1. The molecule has 0 atom stereocenters. The van der Waals surface area contributed by atoms with E-state index in [0.717, 1.165) is 17.8 Å². The molecule has 0 fully saturated rings. The Balaban J connectivity index is 2.64. The Bertz CT molecular complexity index is 444. The number of hydrogen-bond acceptors (Lipinski definition) is 3. The molecular weight excluding hydrogens is 176 g/mol. The Morgan fingerprint density at radius 2 is 2.07 bits per heavy atom. The van der Waals surface area contributed by atoms with Gasteiger partial charge in [-0.25, -0.2) is 4.98 Å². The van der Waals surface area contributed by atoms with E-state index in [1.807, 2.05) is 10.6 Å². The van der Waals surface area contributed by atoms with Crippen molar-refractivity contribution in [2.45, 2.75) is 32.6 Å². The summed E-state index contributed by atoms with van der Waals surface area (Å²) < 4.78 is 2.00. The maximum absolute atomic E-state index is 4.42. The summed E-state index contributed by atoms with van der Waals surface area (Å²) in [7, 11) is 0. The fourth-order valence-corrected chi connectivity index (χ4v) is 1.42. The summed E-state index contributed by atoms with van der Waals surface area (Å²) in [5.41, 5.74) is 1.08. The van der Waals surface area contributed by atoms with Crippen LogP contribution in [0.1, 0.15) is 33.0 Å². The van der Waals surface area contributed by atoms with E-state index < -0.39 is 0 Å². The van der Waals surface area contributed by atoms with E-state index in [1.54, 1.807) is 12.5 Å². The van der Waals surface area contributed by atoms with E-state index in [2.05, 4.69) is 36.0 Å². The highest BCUT2D eigenvalue weighted by atomic mass is 15.2. The zero-order chi connectivity index (χ0) is 10.2. The lowest BCUT2D eigenvalue weighted by atomic mass is 9.89. The second-order valence-electron chi connectivity index (χ2n) is 4.09. The van der Waals surface area contributed by atoms with Gasteiger partial charge in [0.15, 0.2) is 0 Å². The summed E-state index contributed by atoms with van der Waals surface area (Å²) in [6, 6.07) is 0. The molecule has 0 N–H and O–H groups in total. The lowest BCUT2D eigenvalue weighted by Gasteiger charge is -2.20. The van der Waals surface area contributed by atoms with Crippen LogP contribution >= 0.6 is 0 Å². The van der Waals surface area contributed by atoms with Crippen LogP contribution in [0, 0.1) is 0 Å². The molecule has 4 heteroatoms. The maximum Gasteiger partial charge on any atom is 0.124 e. The molecule has 14 heavy (non-hydrogen) atoms. The average Bonchev–Trinajstić information content (AvgIpc) is 2.61. The van der Waals surface area contributed by atoms with Gasteiger partial charge in [-0.3, -0.25) is 4.40 Å². The minimum absolute atomic E-state index is 0.0788. The van der Waals surface area contributed by atoms with Crippen molar-refractivity contribution < 1.29 is 0 Å². The maximum atomic E-state index is 4.42. The highest BCUT2D eigenvalue weighted by Gasteiger charge is 2.23. The first-order valence-corrected chi connectivity index (χ1v) is 4.79. The third kappa shape index (κ3) is 1.27. The summed E-state index contributed by atoms with van der Waals surface area (Å²) in [4.78, 5) is 4.42. The van der Waals surface area contributed by atoms with Crippen molar-refractivity contribution in [2.75, 3.05) is 0 Å². The molecule has 2 aromatic rings. The highest BCUT2D eigenvalue weighted by molar-refractivity contribution is 5.43. The fourth-order valence-electron chi connectivity index (χ4n) is 1.42. The first-order chi connectivity index (χ1) is 6.65. The van der Waals surface area contributed by atoms with Crippen LogP contribution in [0.5, 0.6) is 0 Å². The van der Waals surface area contributed by atoms with E-state index >= 15 is 0 Å². The van der Waals surface area contributed by atoms with Gasteiger partial charge in [0, 0.05) is 5.41 Å². The summed E-state index contributed by atoms with van der Waals surface area (Å²) in [5, 5.41) is 7.69. The molecule has 0 radical (unpaired) electrons. The first-order valence-electron chi connectivity index (χ1n) is 4.79.